The maximum atomic E-state index is 12.1. The quantitative estimate of drug-likeness (QED) is 0.670. The Morgan fingerprint density at radius 3 is 2.38 bits per heavy atom. The highest BCUT2D eigenvalue weighted by atomic mass is 16.2. The average Bonchev–Trinajstić information content (AvgIpc) is 2.72. The van der Waals surface area contributed by atoms with Crippen LogP contribution in [0.5, 0.6) is 0 Å². The summed E-state index contributed by atoms with van der Waals surface area (Å²) in [7, 11) is 0. The van der Waals surface area contributed by atoms with Gasteiger partial charge in [-0.15, -0.1) is 0 Å². The van der Waals surface area contributed by atoms with Gasteiger partial charge in [-0.3, -0.25) is 0 Å². The number of rotatable bonds is 0. The third kappa shape index (κ3) is 2.40. The van der Waals surface area contributed by atoms with E-state index in [0.717, 1.165) is 13.1 Å². The molecule has 0 saturated carbocycles. The van der Waals surface area contributed by atoms with Crippen molar-refractivity contribution >= 4 is 6.03 Å². The van der Waals surface area contributed by atoms with Crippen molar-refractivity contribution in [2.45, 2.75) is 26.7 Å². The van der Waals surface area contributed by atoms with Crippen LogP contribution in [0.3, 0.4) is 0 Å². The van der Waals surface area contributed by atoms with Gasteiger partial charge >= 0.3 is 6.03 Å². The van der Waals surface area contributed by atoms with Gasteiger partial charge in [0.25, 0.3) is 0 Å². The third-order valence-electron chi connectivity index (χ3n) is 3.10. The van der Waals surface area contributed by atoms with E-state index in [1.807, 2.05) is 4.90 Å². The Kier molecular flexibility index (Phi) is 3.22. The van der Waals surface area contributed by atoms with E-state index in [2.05, 4.69) is 23.9 Å². The van der Waals surface area contributed by atoms with Gasteiger partial charge in [0.1, 0.15) is 12.7 Å². The molecule has 1 amide bonds. The molecule has 5 nitrogen and oxygen atoms in total. The standard InChI is InChI=1S/C11H18N4O/c1-9-3-4-10(2)6-14(5-9)11(16)15-8-12-7-13-15/h7-10H,3-6H2,1-2H3. The monoisotopic (exact) mass is 222 g/mol. The Balaban J connectivity index is 2.09. The molecule has 1 aromatic heterocycles. The molecule has 1 aliphatic heterocycles. The lowest BCUT2D eigenvalue weighted by Crippen LogP contribution is -2.38. The second-order valence-electron chi connectivity index (χ2n) is 4.82. The molecule has 0 N–H and O–H groups in total. The van der Waals surface area contributed by atoms with E-state index in [4.69, 9.17) is 0 Å². The van der Waals surface area contributed by atoms with Crippen molar-refractivity contribution in [3.63, 3.8) is 0 Å². The fourth-order valence-electron chi connectivity index (χ4n) is 2.19. The maximum absolute atomic E-state index is 12.1. The zero-order valence-corrected chi connectivity index (χ0v) is 9.83. The van der Waals surface area contributed by atoms with E-state index in [-0.39, 0.29) is 6.03 Å². The molecule has 1 fully saturated rings. The van der Waals surface area contributed by atoms with Crippen LogP contribution in [0.15, 0.2) is 12.7 Å². The molecule has 2 unspecified atom stereocenters. The van der Waals surface area contributed by atoms with E-state index in [1.165, 1.54) is 30.2 Å². The lowest BCUT2D eigenvalue weighted by Gasteiger charge is -2.23. The van der Waals surface area contributed by atoms with Gasteiger partial charge in [0.05, 0.1) is 0 Å². The molecule has 2 atom stereocenters. The van der Waals surface area contributed by atoms with Crippen LogP contribution in [0.2, 0.25) is 0 Å². The summed E-state index contributed by atoms with van der Waals surface area (Å²) in [5, 5.41) is 3.89. The average molecular weight is 222 g/mol. The van der Waals surface area contributed by atoms with Crippen molar-refractivity contribution in [3.8, 4) is 0 Å². The minimum Gasteiger partial charge on any atom is -0.322 e. The largest absolute Gasteiger partial charge is 0.346 e. The predicted molar refractivity (Wildman–Crippen MR) is 60.0 cm³/mol. The summed E-state index contributed by atoms with van der Waals surface area (Å²) in [6, 6.07) is -0.0573. The Hall–Kier alpha value is -1.39. The number of carbonyl (C=O) groups excluding carboxylic acids is 1. The van der Waals surface area contributed by atoms with Gasteiger partial charge in [0.15, 0.2) is 0 Å². The highest BCUT2D eigenvalue weighted by Crippen LogP contribution is 2.20. The minimum atomic E-state index is -0.0573. The number of carbonyl (C=O) groups is 1. The van der Waals surface area contributed by atoms with Gasteiger partial charge in [-0.25, -0.2) is 9.78 Å². The molecule has 2 rings (SSSR count). The summed E-state index contributed by atoms with van der Waals surface area (Å²) in [5.74, 6) is 1.13. The number of nitrogens with zero attached hydrogens (tertiary/aromatic N) is 4. The van der Waals surface area contributed by atoms with Gasteiger partial charge in [0, 0.05) is 13.1 Å². The molecule has 0 radical (unpaired) electrons. The van der Waals surface area contributed by atoms with Crippen LogP contribution in [-0.4, -0.2) is 38.8 Å². The summed E-state index contributed by atoms with van der Waals surface area (Å²) < 4.78 is 1.31. The number of likely N-dealkylation sites (tertiary alicyclic amines) is 1. The molecule has 16 heavy (non-hydrogen) atoms. The van der Waals surface area contributed by atoms with Crippen LogP contribution >= 0.6 is 0 Å². The summed E-state index contributed by atoms with van der Waals surface area (Å²) >= 11 is 0. The topological polar surface area (TPSA) is 51.0 Å². The zero-order chi connectivity index (χ0) is 11.5. The van der Waals surface area contributed by atoms with Gasteiger partial charge in [-0.2, -0.15) is 9.78 Å². The first-order valence-corrected chi connectivity index (χ1v) is 5.80. The van der Waals surface area contributed by atoms with E-state index < -0.39 is 0 Å². The summed E-state index contributed by atoms with van der Waals surface area (Å²) in [4.78, 5) is 17.8. The Labute approximate surface area is 95.5 Å². The third-order valence-corrected chi connectivity index (χ3v) is 3.10. The van der Waals surface area contributed by atoms with Crippen LogP contribution < -0.4 is 0 Å². The Morgan fingerprint density at radius 2 is 1.88 bits per heavy atom. The van der Waals surface area contributed by atoms with E-state index in [1.54, 1.807) is 0 Å². The number of hydrogen-bond acceptors (Lipinski definition) is 3. The first-order chi connectivity index (χ1) is 7.66. The van der Waals surface area contributed by atoms with Crippen LogP contribution in [0.25, 0.3) is 0 Å². The van der Waals surface area contributed by atoms with Gasteiger partial charge in [-0.1, -0.05) is 13.8 Å². The highest BCUT2D eigenvalue weighted by Gasteiger charge is 2.24. The lowest BCUT2D eigenvalue weighted by atomic mass is 10.0. The predicted octanol–water partition coefficient (Wildman–Crippen LogP) is 1.61. The van der Waals surface area contributed by atoms with Crippen molar-refractivity contribution in [3.05, 3.63) is 12.7 Å². The first kappa shape index (κ1) is 11.1. The van der Waals surface area contributed by atoms with Crippen molar-refractivity contribution in [1.29, 1.82) is 0 Å². The first-order valence-electron chi connectivity index (χ1n) is 5.80. The summed E-state index contributed by atoms with van der Waals surface area (Å²) in [6.07, 6.45) is 5.25. The molecular formula is C11H18N4O. The van der Waals surface area contributed by atoms with E-state index in [0.29, 0.717) is 11.8 Å². The van der Waals surface area contributed by atoms with Crippen LogP contribution in [-0.2, 0) is 0 Å². The normalized spacial score (nSPS) is 26.5. The number of aromatic nitrogens is 3. The Bertz CT molecular complexity index is 337. The van der Waals surface area contributed by atoms with E-state index in [9.17, 15) is 4.79 Å². The summed E-state index contributed by atoms with van der Waals surface area (Å²) in [5.41, 5.74) is 0. The molecule has 0 aromatic carbocycles. The molecule has 2 heterocycles. The molecule has 88 valence electrons. The van der Waals surface area contributed by atoms with Crippen molar-refractivity contribution < 1.29 is 4.79 Å². The fraction of sp³-hybridized carbons (Fsp3) is 0.727. The molecule has 0 spiro atoms. The second-order valence-corrected chi connectivity index (χ2v) is 4.82. The smallest absolute Gasteiger partial charge is 0.322 e. The minimum absolute atomic E-state index is 0.0573. The van der Waals surface area contributed by atoms with Gasteiger partial charge in [0.2, 0.25) is 0 Å². The van der Waals surface area contributed by atoms with E-state index >= 15 is 0 Å². The van der Waals surface area contributed by atoms with Crippen LogP contribution in [0, 0.1) is 11.8 Å². The molecule has 1 saturated heterocycles. The maximum Gasteiger partial charge on any atom is 0.346 e. The zero-order valence-electron chi connectivity index (χ0n) is 9.83. The van der Waals surface area contributed by atoms with Gasteiger partial charge in [-0.05, 0) is 24.7 Å². The molecule has 1 aromatic rings. The van der Waals surface area contributed by atoms with Gasteiger partial charge < -0.3 is 4.90 Å². The lowest BCUT2D eigenvalue weighted by molar-refractivity contribution is 0.187. The Morgan fingerprint density at radius 1 is 1.25 bits per heavy atom. The van der Waals surface area contributed by atoms with Crippen molar-refractivity contribution in [1.82, 2.24) is 19.7 Å². The van der Waals surface area contributed by atoms with Crippen molar-refractivity contribution in [2.24, 2.45) is 11.8 Å². The number of amides is 1. The molecule has 0 aliphatic carbocycles. The molecule has 1 aliphatic rings. The number of hydrogen-bond donors (Lipinski definition) is 0. The molecule has 0 bridgehead atoms. The fourth-order valence-corrected chi connectivity index (χ4v) is 2.19. The molecular weight excluding hydrogens is 204 g/mol. The van der Waals surface area contributed by atoms with Crippen LogP contribution in [0.1, 0.15) is 26.7 Å². The van der Waals surface area contributed by atoms with Crippen LogP contribution in [0.4, 0.5) is 4.79 Å². The summed E-state index contributed by atoms with van der Waals surface area (Å²) in [6.45, 7) is 6.03. The van der Waals surface area contributed by atoms with Crippen molar-refractivity contribution in [2.75, 3.05) is 13.1 Å². The highest BCUT2D eigenvalue weighted by molar-refractivity contribution is 5.75. The second kappa shape index (κ2) is 4.63. The molecule has 5 heteroatoms. The SMILES string of the molecule is CC1CCC(C)CN(C(=O)n2cncn2)C1.